The quantitative estimate of drug-likeness (QED) is 0.306. The summed E-state index contributed by atoms with van der Waals surface area (Å²) in [4.78, 5) is 23.9. The van der Waals surface area contributed by atoms with Gasteiger partial charge in [-0.3, -0.25) is 9.78 Å². The van der Waals surface area contributed by atoms with Gasteiger partial charge in [-0.05, 0) is 74.8 Å². The molecular weight excluding hydrogens is 520 g/mol. The fraction of sp³-hybridized carbons (Fsp3) is 0.296. The molecule has 0 radical (unpaired) electrons. The summed E-state index contributed by atoms with van der Waals surface area (Å²) in [7, 11) is 1.97. The Kier molecular flexibility index (Phi) is 7.20. The summed E-state index contributed by atoms with van der Waals surface area (Å²) in [5.74, 6) is 1.73. The first-order valence-corrected chi connectivity index (χ1v) is 12.9. The molecule has 0 saturated carbocycles. The third kappa shape index (κ3) is 5.52. The van der Waals surface area contributed by atoms with Gasteiger partial charge in [0.05, 0.1) is 11.0 Å². The fourth-order valence-electron chi connectivity index (χ4n) is 4.37. The van der Waals surface area contributed by atoms with E-state index >= 15 is 0 Å². The second-order valence-electron chi connectivity index (χ2n) is 9.02. The number of carbonyl (C=O) groups is 1. The van der Waals surface area contributed by atoms with Gasteiger partial charge in [0.1, 0.15) is 17.2 Å². The van der Waals surface area contributed by atoms with E-state index in [2.05, 4.69) is 49.4 Å². The number of aryl methyl sites for hydroxylation is 2. The lowest BCUT2D eigenvalue weighted by atomic mass is 10.2. The van der Waals surface area contributed by atoms with Crippen LogP contribution in [0.5, 0.6) is 11.5 Å². The van der Waals surface area contributed by atoms with E-state index in [0.717, 1.165) is 52.3 Å². The maximum absolute atomic E-state index is 12.6. The van der Waals surface area contributed by atoms with Crippen LogP contribution in [0.1, 0.15) is 28.9 Å². The zero-order valence-electron chi connectivity index (χ0n) is 20.4. The maximum atomic E-state index is 12.6. The molecule has 0 spiro atoms. The molecule has 36 heavy (non-hydrogen) atoms. The number of imidazole rings is 1. The number of fused-ring (bicyclic) bond motifs is 1. The van der Waals surface area contributed by atoms with E-state index in [1.165, 1.54) is 12.8 Å². The van der Waals surface area contributed by atoms with E-state index in [9.17, 15) is 4.79 Å². The second kappa shape index (κ2) is 10.7. The molecule has 1 amide bonds. The lowest BCUT2D eigenvalue weighted by molar-refractivity contribution is 0.0944. The second-order valence-corrected chi connectivity index (χ2v) is 9.87. The minimum absolute atomic E-state index is 0.196. The number of halogens is 1. The highest BCUT2D eigenvalue weighted by atomic mass is 79.9. The summed E-state index contributed by atoms with van der Waals surface area (Å²) in [6.07, 6.45) is 4.07. The summed E-state index contributed by atoms with van der Waals surface area (Å²) in [5.41, 5.74) is 4.23. The smallest absolute Gasteiger partial charge is 0.270 e. The van der Waals surface area contributed by atoms with Crippen molar-refractivity contribution in [2.45, 2.75) is 19.8 Å². The zero-order valence-corrected chi connectivity index (χ0v) is 22.0. The molecule has 1 fully saturated rings. The highest BCUT2D eigenvalue weighted by Gasteiger charge is 2.14. The van der Waals surface area contributed by atoms with Crippen LogP contribution in [0.3, 0.4) is 0 Å². The number of nitrogens with zero attached hydrogens (tertiary/aromatic N) is 4. The van der Waals surface area contributed by atoms with Crippen molar-refractivity contribution in [3.05, 3.63) is 70.5 Å². The number of likely N-dealkylation sites (tertiary alicyclic amines) is 1. The van der Waals surface area contributed by atoms with Crippen LogP contribution in [0.25, 0.3) is 11.0 Å². The van der Waals surface area contributed by atoms with Gasteiger partial charge in [-0.15, -0.1) is 0 Å². The number of hydrogen-bond acceptors (Lipinski definition) is 6. The molecule has 1 saturated heterocycles. The Morgan fingerprint density at radius 2 is 1.89 bits per heavy atom. The lowest BCUT2D eigenvalue weighted by Crippen LogP contribution is -2.33. The number of ether oxygens (including phenoxy) is 1. The Morgan fingerprint density at radius 3 is 2.69 bits per heavy atom. The molecule has 2 aromatic heterocycles. The molecule has 0 atom stereocenters. The van der Waals surface area contributed by atoms with Crippen molar-refractivity contribution in [3.8, 4) is 11.5 Å². The number of pyridine rings is 1. The maximum Gasteiger partial charge on any atom is 0.270 e. The monoisotopic (exact) mass is 548 g/mol. The van der Waals surface area contributed by atoms with Crippen LogP contribution in [0.15, 0.2) is 59.2 Å². The SMILES string of the molecule is Cc1cc(Nc2nc3cc(Oc4ccnc(C(=O)NCCN5CCCC5)c4)ccc3n2C)ccc1Br. The van der Waals surface area contributed by atoms with E-state index < -0.39 is 0 Å². The van der Waals surface area contributed by atoms with E-state index in [1.54, 1.807) is 18.3 Å². The highest BCUT2D eigenvalue weighted by molar-refractivity contribution is 9.10. The Labute approximate surface area is 218 Å². The van der Waals surface area contributed by atoms with E-state index in [-0.39, 0.29) is 5.91 Å². The molecule has 0 aliphatic carbocycles. The largest absolute Gasteiger partial charge is 0.457 e. The van der Waals surface area contributed by atoms with Gasteiger partial charge in [-0.2, -0.15) is 0 Å². The van der Waals surface area contributed by atoms with Gasteiger partial charge in [0, 0.05) is 48.6 Å². The average Bonchev–Trinajstić information content (AvgIpc) is 3.49. The van der Waals surface area contributed by atoms with Crippen molar-refractivity contribution in [1.29, 1.82) is 0 Å². The van der Waals surface area contributed by atoms with Crippen LogP contribution >= 0.6 is 15.9 Å². The molecule has 5 rings (SSSR count). The van der Waals surface area contributed by atoms with Crippen molar-refractivity contribution in [2.24, 2.45) is 7.05 Å². The van der Waals surface area contributed by atoms with E-state index in [0.29, 0.717) is 23.7 Å². The predicted octanol–water partition coefficient (Wildman–Crippen LogP) is 5.40. The van der Waals surface area contributed by atoms with Crippen LogP contribution < -0.4 is 15.4 Å². The van der Waals surface area contributed by atoms with Gasteiger partial charge in [-0.1, -0.05) is 15.9 Å². The average molecular weight is 549 g/mol. The summed E-state index contributed by atoms with van der Waals surface area (Å²) < 4.78 is 9.13. The van der Waals surface area contributed by atoms with Gasteiger partial charge in [0.25, 0.3) is 5.91 Å². The molecular formula is C27H29BrN6O2. The third-order valence-electron chi connectivity index (χ3n) is 6.38. The number of nitrogens with one attached hydrogen (secondary N) is 2. The van der Waals surface area contributed by atoms with Crippen LogP contribution in [-0.2, 0) is 7.05 Å². The number of carbonyl (C=O) groups excluding carboxylic acids is 1. The summed E-state index contributed by atoms with van der Waals surface area (Å²) in [6, 6.07) is 15.3. The van der Waals surface area contributed by atoms with Gasteiger partial charge < -0.3 is 24.8 Å². The minimum Gasteiger partial charge on any atom is -0.457 e. The van der Waals surface area contributed by atoms with Gasteiger partial charge in [0.2, 0.25) is 5.95 Å². The predicted molar refractivity (Wildman–Crippen MR) is 145 cm³/mol. The Hall–Kier alpha value is -3.43. The summed E-state index contributed by atoms with van der Waals surface area (Å²) in [5, 5.41) is 6.34. The standard InChI is InChI=1S/C27H29BrN6O2/c1-18-15-19(5-7-22(18)28)31-27-32-23-16-20(6-8-25(23)33(27)2)36-21-9-10-29-24(17-21)26(35)30-11-14-34-12-3-4-13-34/h5-10,15-17H,3-4,11-14H2,1-2H3,(H,30,35)(H,31,32). The molecule has 186 valence electrons. The minimum atomic E-state index is -0.196. The van der Waals surface area contributed by atoms with Crippen LogP contribution in [0.4, 0.5) is 11.6 Å². The van der Waals surface area contributed by atoms with Crippen molar-refractivity contribution in [1.82, 2.24) is 24.8 Å². The number of hydrogen-bond donors (Lipinski definition) is 2. The van der Waals surface area contributed by atoms with E-state index in [1.807, 2.05) is 41.9 Å². The third-order valence-corrected chi connectivity index (χ3v) is 7.27. The number of amides is 1. The number of anilines is 2. The molecule has 9 heteroatoms. The van der Waals surface area contributed by atoms with Crippen molar-refractivity contribution in [3.63, 3.8) is 0 Å². The van der Waals surface area contributed by atoms with Crippen molar-refractivity contribution in [2.75, 3.05) is 31.5 Å². The fourth-order valence-corrected chi connectivity index (χ4v) is 4.61. The normalized spacial score (nSPS) is 13.8. The van der Waals surface area contributed by atoms with Crippen LogP contribution in [-0.4, -0.2) is 51.5 Å². The molecule has 2 N–H and O–H groups in total. The Bertz CT molecular complexity index is 1400. The molecule has 0 unspecified atom stereocenters. The molecule has 1 aliphatic heterocycles. The molecule has 4 aromatic rings. The van der Waals surface area contributed by atoms with Crippen LogP contribution in [0, 0.1) is 6.92 Å². The van der Waals surface area contributed by atoms with Crippen LogP contribution in [0.2, 0.25) is 0 Å². The first-order valence-electron chi connectivity index (χ1n) is 12.1. The van der Waals surface area contributed by atoms with Gasteiger partial charge >= 0.3 is 0 Å². The topological polar surface area (TPSA) is 84.3 Å². The van der Waals surface area contributed by atoms with Gasteiger partial charge in [0.15, 0.2) is 0 Å². The molecule has 8 nitrogen and oxygen atoms in total. The molecule has 3 heterocycles. The summed E-state index contributed by atoms with van der Waals surface area (Å²) in [6.45, 7) is 5.75. The lowest BCUT2D eigenvalue weighted by Gasteiger charge is -2.14. The highest BCUT2D eigenvalue weighted by Crippen LogP contribution is 2.29. The zero-order chi connectivity index (χ0) is 25.1. The van der Waals surface area contributed by atoms with Crippen molar-refractivity contribution < 1.29 is 9.53 Å². The first kappa shape index (κ1) is 24.3. The number of benzene rings is 2. The molecule has 1 aliphatic rings. The first-order chi connectivity index (χ1) is 17.5. The molecule has 2 aromatic carbocycles. The summed E-state index contributed by atoms with van der Waals surface area (Å²) >= 11 is 3.54. The Morgan fingerprint density at radius 1 is 1.08 bits per heavy atom. The van der Waals surface area contributed by atoms with Gasteiger partial charge in [-0.25, -0.2) is 4.98 Å². The van der Waals surface area contributed by atoms with Crippen molar-refractivity contribution >= 4 is 44.5 Å². The number of rotatable bonds is 8. The molecule has 0 bridgehead atoms. The Balaban J connectivity index is 1.26. The van der Waals surface area contributed by atoms with E-state index in [4.69, 9.17) is 9.72 Å². The number of aromatic nitrogens is 3.